The molecule has 0 spiro atoms. The van der Waals surface area contributed by atoms with Crippen LogP contribution in [-0.4, -0.2) is 10.7 Å². The third-order valence-electron chi connectivity index (χ3n) is 2.59. The lowest BCUT2D eigenvalue weighted by atomic mass is 9.77. The van der Waals surface area contributed by atoms with E-state index in [0.717, 1.165) is 0 Å². The van der Waals surface area contributed by atoms with Gasteiger partial charge in [-0.1, -0.05) is 44.2 Å². The third kappa shape index (κ3) is 2.58. The Bertz CT molecular complexity index is 269. The largest absolute Gasteiger partial charge is 0.390 e. The second-order valence-electron chi connectivity index (χ2n) is 4.79. The molecule has 1 heteroatoms. The highest BCUT2D eigenvalue weighted by molar-refractivity contribution is 5.22. The summed E-state index contributed by atoms with van der Waals surface area (Å²) in [5.41, 5.74) is 0.560. The van der Waals surface area contributed by atoms with E-state index in [-0.39, 0.29) is 5.92 Å². The summed E-state index contributed by atoms with van der Waals surface area (Å²) in [7, 11) is 0. The summed E-state index contributed by atoms with van der Waals surface area (Å²) >= 11 is 0. The van der Waals surface area contributed by atoms with Crippen molar-refractivity contribution < 1.29 is 5.11 Å². The van der Waals surface area contributed by atoms with Gasteiger partial charge in [0.2, 0.25) is 0 Å². The molecule has 0 aliphatic carbocycles. The van der Waals surface area contributed by atoms with Crippen LogP contribution in [0.2, 0.25) is 0 Å². The Balaban J connectivity index is 3.02. The summed E-state index contributed by atoms with van der Waals surface area (Å²) in [4.78, 5) is 0. The molecule has 0 saturated heterocycles. The quantitative estimate of drug-likeness (QED) is 0.779. The number of aliphatic hydroxyl groups is 1. The van der Waals surface area contributed by atoms with Crippen molar-refractivity contribution in [1.29, 1.82) is 0 Å². The van der Waals surface area contributed by atoms with E-state index >= 15 is 0 Å². The molecule has 0 amide bonds. The van der Waals surface area contributed by atoms with Gasteiger partial charge in [-0.15, -0.1) is 0 Å². The first-order valence-corrected chi connectivity index (χ1v) is 5.20. The molecule has 0 heterocycles. The van der Waals surface area contributed by atoms with Gasteiger partial charge in [-0.2, -0.15) is 0 Å². The first kappa shape index (κ1) is 11.3. The molecule has 0 fully saturated rings. The van der Waals surface area contributed by atoms with Crippen molar-refractivity contribution in [1.82, 2.24) is 0 Å². The van der Waals surface area contributed by atoms with Crippen LogP contribution in [0.5, 0.6) is 0 Å². The van der Waals surface area contributed by atoms with Crippen molar-refractivity contribution in [2.45, 2.75) is 39.2 Å². The molecule has 1 N–H and O–H groups in total. The predicted molar refractivity (Wildman–Crippen MR) is 60.3 cm³/mol. The molecule has 1 unspecified atom stereocenters. The molecule has 1 aromatic carbocycles. The predicted octanol–water partition coefficient (Wildman–Crippen LogP) is 3.20. The summed E-state index contributed by atoms with van der Waals surface area (Å²) in [5, 5.41) is 10.1. The average molecular weight is 192 g/mol. The molecule has 1 rings (SSSR count). The summed E-state index contributed by atoms with van der Waals surface area (Å²) in [5.74, 6) is 0.640. The number of rotatable bonds is 3. The topological polar surface area (TPSA) is 20.2 Å². The van der Waals surface area contributed by atoms with E-state index < -0.39 is 5.60 Å². The van der Waals surface area contributed by atoms with Gasteiger partial charge in [0.25, 0.3) is 0 Å². The van der Waals surface area contributed by atoms with E-state index in [1.54, 1.807) is 0 Å². The Morgan fingerprint density at radius 1 is 1.07 bits per heavy atom. The molecule has 0 saturated carbocycles. The van der Waals surface area contributed by atoms with Gasteiger partial charge in [0.05, 0.1) is 5.60 Å². The van der Waals surface area contributed by atoms with E-state index in [1.807, 2.05) is 32.0 Å². The lowest BCUT2D eigenvalue weighted by molar-refractivity contribution is 0.0332. The SMILES string of the molecule is CC(C)C(c1ccccc1)C(C)(C)O. The minimum Gasteiger partial charge on any atom is -0.390 e. The van der Waals surface area contributed by atoms with E-state index in [0.29, 0.717) is 5.92 Å². The number of benzene rings is 1. The van der Waals surface area contributed by atoms with Crippen molar-refractivity contribution in [3.8, 4) is 0 Å². The summed E-state index contributed by atoms with van der Waals surface area (Å²) < 4.78 is 0. The number of hydrogen-bond donors (Lipinski definition) is 1. The molecule has 14 heavy (non-hydrogen) atoms. The van der Waals surface area contributed by atoms with E-state index in [9.17, 15) is 5.11 Å². The van der Waals surface area contributed by atoms with Crippen LogP contribution in [0.4, 0.5) is 0 Å². The Labute approximate surface area is 86.8 Å². The highest BCUT2D eigenvalue weighted by Crippen LogP contribution is 2.34. The van der Waals surface area contributed by atoms with Gasteiger partial charge in [0.15, 0.2) is 0 Å². The van der Waals surface area contributed by atoms with Crippen LogP contribution < -0.4 is 0 Å². The third-order valence-corrected chi connectivity index (χ3v) is 2.59. The van der Waals surface area contributed by atoms with Crippen molar-refractivity contribution in [2.24, 2.45) is 5.92 Å². The zero-order chi connectivity index (χ0) is 10.8. The highest BCUT2D eigenvalue weighted by atomic mass is 16.3. The molecule has 0 aliphatic heterocycles. The Kier molecular flexibility index (Phi) is 3.33. The minimum absolute atomic E-state index is 0.198. The molecule has 1 nitrogen and oxygen atoms in total. The van der Waals surface area contributed by atoms with E-state index in [1.165, 1.54) is 5.56 Å². The fourth-order valence-electron chi connectivity index (χ4n) is 2.27. The monoisotopic (exact) mass is 192 g/mol. The van der Waals surface area contributed by atoms with Gasteiger partial charge in [-0.05, 0) is 25.3 Å². The second kappa shape index (κ2) is 4.14. The highest BCUT2D eigenvalue weighted by Gasteiger charge is 2.30. The lowest BCUT2D eigenvalue weighted by Crippen LogP contribution is -2.32. The molecule has 0 aliphatic rings. The van der Waals surface area contributed by atoms with Crippen molar-refractivity contribution in [3.63, 3.8) is 0 Å². The van der Waals surface area contributed by atoms with Gasteiger partial charge in [-0.3, -0.25) is 0 Å². The van der Waals surface area contributed by atoms with Crippen LogP contribution in [-0.2, 0) is 0 Å². The minimum atomic E-state index is -0.657. The van der Waals surface area contributed by atoms with Crippen LogP contribution in [0, 0.1) is 5.92 Å². The molecule has 0 aromatic heterocycles. The smallest absolute Gasteiger partial charge is 0.0662 e. The molecule has 1 aromatic rings. The Morgan fingerprint density at radius 2 is 1.57 bits per heavy atom. The molecule has 1 atom stereocenters. The molecular weight excluding hydrogens is 172 g/mol. The van der Waals surface area contributed by atoms with E-state index in [2.05, 4.69) is 26.0 Å². The standard InChI is InChI=1S/C13H20O/c1-10(2)12(13(3,4)14)11-8-6-5-7-9-11/h5-10,12,14H,1-4H3. The van der Waals surface area contributed by atoms with E-state index in [4.69, 9.17) is 0 Å². The molecule has 78 valence electrons. The van der Waals surface area contributed by atoms with Crippen molar-refractivity contribution in [2.75, 3.05) is 0 Å². The zero-order valence-corrected chi connectivity index (χ0v) is 9.49. The zero-order valence-electron chi connectivity index (χ0n) is 9.49. The molecule has 0 bridgehead atoms. The number of hydrogen-bond acceptors (Lipinski definition) is 1. The van der Waals surface area contributed by atoms with Gasteiger partial charge >= 0.3 is 0 Å². The first-order chi connectivity index (χ1) is 6.43. The second-order valence-corrected chi connectivity index (χ2v) is 4.79. The maximum Gasteiger partial charge on any atom is 0.0662 e. The van der Waals surface area contributed by atoms with Gasteiger partial charge in [-0.25, -0.2) is 0 Å². The maximum atomic E-state index is 10.1. The van der Waals surface area contributed by atoms with Crippen LogP contribution in [0.15, 0.2) is 30.3 Å². The lowest BCUT2D eigenvalue weighted by Gasteiger charge is -2.33. The van der Waals surface area contributed by atoms with Crippen molar-refractivity contribution >= 4 is 0 Å². The Hall–Kier alpha value is -0.820. The molecular formula is C13H20O. The fourth-order valence-corrected chi connectivity index (χ4v) is 2.27. The van der Waals surface area contributed by atoms with Crippen molar-refractivity contribution in [3.05, 3.63) is 35.9 Å². The van der Waals surface area contributed by atoms with Gasteiger partial charge < -0.3 is 5.11 Å². The maximum absolute atomic E-state index is 10.1. The van der Waals surface area contributed by atoms with Crippen LogP contribution in [0.25, 0.3) is 0 Å². The van der Waals surface area contributed by atoms with Crippen LogP contribution in [0.1, 0.15) is 39.2 Å². The summed E-state index contributed by atoms with van der Waals surface area (Å²) in [6.45, 7) is 8.06. The van der Waals surface area contributed by atoms with Gasteiger partial charge in [0, 0.05) is 5.92 Å². The van der Waals surface area contributed by atoms with Crippen LogP contribution in [0.3, 0.4) is 0 Å². The normalized spacial score (nSPS) is 14.4. The first-order valence-electron chi connectivity index (χ1n) is 5.20. The fraction of sp³-hybridized carbons (Fsp3) is 0.538. The van der Waals surface area contributed by atoms with Gasteiger partial charge in [0.1, 0.15) is 0 Å². The summed E-state index contributed by atoms with van der Waals surface area (Å²) in [6, 6.07) is 10.2. The average Bonchev–Trinajstić information content (AvgIpc) is 2.02. The summed E-state index contributed by atoms with van der Waals surface area (Å²) in [6.07, 6.45) is 0. The van der Waals surface area contributed by atoms with Crippen LogP contribution >= 0.6 is 0 Å². The molecule has 0 radical (unpaired) electrons. The Morgan fingerprint density at radius 3 is 1.93 bits per heavy atom.